The number of amides is 1. The number of carbonyl (C=O) groups is 1. The van der Waals surface area contributed by atoms with Gasteiger partial charge in [-0.2, -0.15) is 21.9 Å². The van der Waals surface area contributed by atoms with Crippen LogP contribution in [-0.2, 0) is 20.2 Å². The van der Waals surface area contributed by atoms with Crippen molar-refractivity contribution in [1.82, 2.24) is 5.43 Å². The van der Waals surface area contributed by atoms with Gasteiger partial charge in [0.05, 0.1) is 21.7 Å². The zero-order valence-corrected chi connectivity index (χ0v) is 29.3. The molecular weight excluding hydrogens is 731 g/mol. The van der Waals surface area contributed by atoms with Crippen LogP contribution in [0.1, 0.15) is 32.6 Å². The molecule has 270 valence electrons. The van der Waals surface area contributed by atoms with E-state index in [1.54, 1.807) is 24.3 Å². The fraction of sp³-hybridized carbons (Fsp3) is 0.0571. The minimum atomic E-state index is -4.34. The summed E-state index contributed by atoms with van der Waals surface area (Å²) in [7, 11) is -8.66. The highest BCUT2D eigenvalue weighted by molar-refractivity contribution is 7.87. The Hall–Kier alpha value is -6.79. The van der Waals surface area contributed by atoms with Crippen molar-refractivity contribution in [3.8, 4) is 11.5 Å². The van der Waals surface area contributed by atoms with E-state index in [0.29, 0.717) is 27.9 Å². The first-order chi connectivity index (χ1) is 25.1. The number of benzene rings is 5. The Kier molecular flexibility index (Phi) is 11.0. The van der Waals surface area contributed by atoms with E-state index >= 15 is 0 Å². The van der Waals surface area contributed by atoms with Crippen molar-refractivity contribution in [2.75, 3.05) is 0 Å². The number of nitro benzene ring substituents is 2. The fourth-order valence-corrected chi connectivity index (χ4v) is 6.43. The lowest BCUT2D eigenvalue weighted by Crippen LogP contribution is -2.17. The van der Waals surface area contributed by atoms with Gasteiger partial charge in [-0.05, 0) is 110 Å². The molecule has 5 aromatic carbocycles. The Labute approximate surface area is 302 Å². The monoisotopic (exact) mass is 757 g/mol. The van der Waals surface area contributed by atoms with E-state index in [-0.39, 0.29) is 38.2 Å². The summed E-state index contributed by atoms with van der Waals surface area (Å²) < 4.78 is 60.8. The van der Waals surface area contributed by atoms with E-state index in [1.165, 1.54) is 99.1 Å². The van der Waals surface area contributed by atoms with Crippen molar-refractivity contribution in [3.63, 3.8) is 0 Å². The molecule has 0 radical (unpaired) electrons. The van der Waals surface area contributed by atoms with E-state index < -0.39 is 36.0 Å². The van der Waals surface area contributed by atoms with Crippen LogP contribution in [-0.4, -0.2) is 45.0 Å². The number of hydrogen-bond acceptors (Lipinski definition) is 13. The molecule has 0 saturated carbocycles. The summed E-state index contributed by atoms with van der Waals surface area (Å²) in [6.45, 7) is 2.99. The summed E-state index contributed by atoms with van der Waals surface area (Å²) in [6, 6.07) is 24.9. The van der Waals surface area contributed by atoms with Crippen LogP contribution in [0.5, 0.6) is 11.5 Å². The minimum Gasteiger partial charge on any atom is -0.379 e. The SMILES string of the molecule is Cc1ccc(S(=O)(=O)Oc2ccc(C=Nc3ccc(C(=O)N/N=C\c4ccc(OS(=O)(=O)c5ccc(C)c([N+](=O)[O-])c5)cc4)cc3)cc2)cc1[N+](=O)[O-]. The first-order valence-electron chi connectivity index (χ1n) is 15.2. The number of nitrogens with one attached hydrogen (secondary N) is 1. The van der Waals surface area contributed by atoms with E-state index in [2.05, 4.69) is 15.5 Å². The van der Waals surface area contributed by atoms with E-state index in [1.807, 2.05) is 0 Å². The fourth-order valence-electron chi connectivity index (χ4n) is 4.53. The normalized spacial score (nSPS) is 11.7. The first kappa shape index (κ1) is 37.5. The van der Waals surface area contributed by atoms with Gasteiger partial charge in [0.15, 0.2) is 0 Å². The second kappa shape index (κ2) is 15.6. The average Bonchev–Trinajstić information content (AvgIpc) is 3.12. The highest BCUT2D eigenvalue weighted by Crippen LogP contribution is 2.27. The zero-order chi connectivity index (χ0) is 38.3. The number of carbonyl (C=O) groups excluding carboxylic acids is 1. The molecule has 18 heteroatoms. The van der Waals surface area contributed by atoms with Gasteiger partial charge < -0.3 is 8.37 Å². The van der Waals surface area contributed by atoms with Crippen molar-refractivity contribution in [3.05, 3.63) is 157 Å². The number of aryl methyl sites for hydroxylation is 2. The number of hydrogen-bond donors (Lipinski definition) is 1. The number of hydrazone groups is 1. The van der Waals surface area contributed by atoms with Crippen LogP contribution in [0, 0.1) is 34.1 Å². The molecule has 0 unspecified atom stereocenters. The summed E-state index contributed by atoms with van der Waals surface area (Å²) in [5, 5.41) is 26.3. The van der Waals surface area contributed by atoms with Gasteiger partial charge in [0.25, 0.3) is 17.3 Å². The summed E-state index contributed by atoms with van der Waals surface area (Å²) in [5.41, 5.74) is 4.22. The van der Waals surface area contributed by atoms with Crippen LogP contribution < -0.4 is 13.8 Å². The predicted octanol–water partition coefficient (Wildman–Crippen LogP) is 6.17. The molecular formula is C35H27N5O11S2. The molecule has 16 nitrogen and oxygen atoms in total. The van der Waals surface area contributed by atoms with Gasteiger partial charge >= 0.3 is 20.2 Å². The Bertz CT molecular complexity index is 2490. The molecule has 5 rings (SSSR count). The standard InChI is InChI=1S/C35H27N5O11S2/c1-23-3-17-31(19-33(23)39(42)43)52(46,47)50-29-13-5-25(6-14-29)21-36-28-11-9-27(10-12-28)35(41)38-37-22-26-7-15-30(16-8-26)51-53(48,49)32-18-4-24(2)34(20-32)40(44)45/h3-22H,1-2H3,(H,38,41)/b36-21?,37-22-. The maximum atomic E-state index is 12.7. The Morgan fingerprint density at radius 2 is 1.08 bits per heavy atom. The van der Waals surface area contributed by atoms with Gasteiger partial charge in [0.1, 0.15) is 21.3 Å². The zero-order valence-electron chi connectivity index (χ0n) is 27.6. The second-order valence-electron chi connectivity index (χ2n) is 11.1. The molecule has 0 aliphatic carbocycles. The van der Waals surface area contributed by atoms with Crippen LogP contribution in [0.2, 0.25) is 0 Å². The molecule has 0 saturated heterocycles. The number of rotatable bonds is 13. The molecule has 1 N–H and O–H groups in total. The maximum absolute atomic E-state index is 12.7. The second-order valence-corrected chi connectivity index (χ2v) is 14.2. The molecule has 0 aliphatic rings. The largest absolute Gasteiger partial charge is 0.379 e. The molecule has 0 bridgehead atoms. The lowest BCUT2D eigenvalue weighted by molar-refractivity contribution is -0.385. The predicted molar refractivity (Wildman–Crippen MR) is 193 cm³/mol. The van der Waals surface area contributed by atoms with Gasteiger partial charge in [-0.25, -0.2) is 5.43 Å². The highest BCUT2D eigenvalue weighted by Gasteiger charge is 2.23. The molecule has 1 amide bonds. The van der Waals surface area contributed by atoms with Gasteiger partial charge in [-0.3, -0.25) is 30.0 Å². The van der Waals surface area contributed by atoms with E-state index in [0.717, 1.165) is 12.1 Å². The van der Waals surface area contributed by atoms with Crippen molar-refractivity contribution >= 4 is 55.6 Å². The third-order valence-electron chi connectivity index (χ3n) is 7.38. The number of nitro groups is 2. The molecule has 0 spiro atoms. The van der Waals surface area contributed by atoms with Gasteiger partial charge in [0.2, 0.25) is 0 Å². The van der Waals surface area contributed by atoms with Crippen molar-refractivity contribution in [1.29, 1.82) is 0 Å². The minimum absolute atomic E-state index is 0.00426. The van der Waals surface area contributed by atoms with E-state index in [4.69, 9.17) is 8.37 Å². The Balaban J connectivity index is 1.13. The number of aliphatic imine (C=N–C) groups is 1. The van der Waals surface area contributed by atoms with Crippen molar-refractivity contribution in [2.24, 2.45) is 10.1 Å². The smallest absolute Gasteiger partial charge is 0.339 e. The summed E-state index contributed by atoms with van der Waals surface area (Å²) in [6.07, 6.45) is 2.85. The van der Waals surface area contributed by atoms with Gasteiger partial charge in [0, 0.05) is 35.0 Å². The van der Waals surface area contributed by atoms with Crippen LogP contribution in [0.15, 0.2) is 129 Å². The Morgan fingerprint density at radius 3 is 1.51 bits per heavy atom. The lowest BCUT2D eigenvalue weighted by atomic mass is 10.2. The van der Waals surface area contributed by atoms with Gasteiger partial charge in [-0.15, -0.1) is 0 Å². The third kappa shape index (κ3) is 9.51. The van der Waals surface area contributed by atoms with Crippen LogP contribution in [0.4, 0.5) is 17.1 Å². The summed E-state index contributed by atoms with van der Waals surface area (Å²) in [4.78, 5) is 37.2. The average molecular weight is 758 g/mol. The summed E-state index contributed by atoms with van der Waals surface area (Å²) in [5.74, 6) is -0.555. The maximum Gasteiger partial charge on any atom is 0.339 e. The summed E-state index contributed by atoms with van der Waals surface area (Å²) >= 11 is 0. The van der Waals surface area contributed by atoms with E-state index in [9.17, 15) is 41.9 Å². The van der Waals surface area contributed by atoms with Crippen LogP contribution >= 0.6 is 0 Å². The Morgan fingerprint density at radius 1 is 0.642 bits per heavy atom. The molecule has 0 aliphatic heterocycles. The molecule has 0 atom stereocenters. The topological polar surface area (TPSA) is 227 Å². The molecule has 0 aromatic heterocycles. The number of nitrogens with zero attached hydrogens (tertiary/aromatic N) is 4. The highest BCUT2D eigenvalue weighted by atomic mass is 32.2. The van der Waals surface area contributed by atoms with Crippen molar-refractivity contribution in [2.45, 2.75) is 23.6 Å². The van der Waals surface area contributed by atoms with Gasteiger partial charge in [-0.1, -0.05) is 12.1 Å². The molecule has 53 heavy (non-hydrogen) atoms. The molecule has 5 aromatic rings. The third-order valence-corrected chi connectivity index (χ3v) is 9.86. The molecule has 0 fully saturated rings. The van der Waals surface area contributed by atoms with Crippen LogP contribution in [0.3, 0.4) is 0 Å². The lowest BCUT2D eigenvalue weighted by Gasteiger charge is -2.08. The quantitative estimate of drug-likeness (QED) is 0.0618. The van der Waals surface area contributed by atoms with Crippen molar-refractivity contribution < 1.29 is 39.8 Å². The molecule has 0 heterocycles. The van der Waals surface area contributed by atoms with Crippen LogP contribution in [0.25, 0.3) is 0 Å². The first-order valence-corrected chi connectivity index (χ1v) is 18.0.